The van der Waals surface area contributed by atoms with Crippen molar-refractivity contribution < 1.29 is 0 Å². The fourth-order valence-corrected chi connectivity index (χ4v) is 6.72. The van der Waals surface area contributed by atoms with Gasteiger partial charge in [0.1, 0.15) is 6.17 Å². The Hall–Kier alpha value is -6.00. The third-order valence-electron chi connectivity index (χ3n) is 8.98. The van der Waals surface area contributed by atoms with E-state index in [0.29, 0.717) is 0 Å². The second-order valence-corrected chi connectivity index (χ2v) is 11.6. The van der Waals surface area contributed by atoms with Gasteiger partial charge in [0.05, 0.1) is 16.9 Å². The van der Waals surface area contributed by atoms with Gasteiger partial charge in [0.25, 0.3) is 0 Å². The molecule has 4 heterocycles. The monoisotopic (exact) mass is 576 g/mol. The SMILES string of the molecule is C1=CC2Nc3c(-c4ccc(-c5cncc6ccccc56)cc4)cc(-c4ccc(-c5cccc6cccnc56)cc4)cc3N2C=C1. The van der Waals surface area contributed by atoms with Gasteiger partial charge in [-0.15, -0.1) is 0 Å². The number of anilines is 2. The average Bonchev–Trinajstić information content (AvgIpc) is 3.50. The van der Waals surface area contributed by atoms with Crippen LogP contribution in [0.4, 0.5) is 11.4 Å². The van der Waals surface area contributed by atoms with Crippen molar-refractivity contribution in [3.63, 3.8) is 0 Å². The number of para-hydroxylation sites is 1. The van der Waals surface area contributed by atoms with E-state index >= 15 is 0 Å². The zero-order valence-corrected chi connectivity index (χ0v) is 24.4. The van der Waals surface area contributed by atoms with Crippen LogP contribution in [0.15, 0.2) is 158 Å². The Balaban J connectivity index is 1.14. The van der Waals surface area contributed by atoms with E-state index in [1.807, 2.05) is 24.7 Å². The molecular weight excluding hydrogens is 548 g/mol. The number of hydrogen-bond donors (Lipinski definition) is 1. The first-order valence-corrected chi connectivity index (χ1v) is 15.3. The molecular formula is C41H28N4. The van der Waals surface area contributed by atoms with Crippen molar-refractivity contribution in [1.82, 2.24) is 9.97 Å². The molecule has 1 unspecified atom stereocenters. The van der Waals surface area contributed by atoms with Crippen LogP contribution in [0.2, 0.25) is 0 Å². The summed E-state index contributed by atoms with van der Waals surface area (Å²) in [6.45, 7) is 0. The molecule has 0 saturated carbocycles. The molecule has 5 aromatic carbocycles. The molecule has 2 aliphatic heterocycles. The highest BCUT2D eigenvalue weighted by Crippen LogP contribution is 2.46. The van der Waals surface area contributed by atoms with Gasteiger partial charge in [0.15, 0.2) is 0 Å². The average molecular weight is 577 g/mol. The van der Waals surface area contributed by atoms with Crippen LogP contribution < -0.4 is 10.2 Å². The summed E-state index contributed by atoms with van der Waals surface area (Å²) in [6, 6.07) is 41.3. The van der Waals surface area contributed by atoms with Gasteiger partial charge in [0.2, 0.25) is 0 Å². The van der Waals surface area contributed by atoms with Gasteiger partial charge >= 0.3 is 0 Å². The topological polar surface area (TPSA) is 41.1 Å². The van der Waals surface area contributed by atoms with Crippen LogP contribution in [-0.4, -0.2) is 16.1 Å². The summed E-state index contributed by atoms with van der Waals surface area (Å²) >= 11 is 0. The zero-order chi connectivity index (χ0) is 29.7. The van der Waals surface area contributed by atoms with Gasteiger partial charge in [-0.3, -0.25) is 9.97 Å². The Morgan fingerprint density at radius 1 is 0.578 bits per heavy atom. The van der Waals surface area contributed by atoms with Crippen LogP contribution in [0.3, 0.4) is 0 Å². The lowest BCUT2D eigenvalue weighted by Crippen LogP contribution is -2.30. The van der Waals surface area contributed by atoms with Crippen molar-refractivity contribution in [2.24, 2.45) is 0 Å². The summed E-state index contributed by atoms with van der Waals surface area (Å²) in [6.07, 6.45) is 14.4. The number of allylic oxidation sites excluding steroid dienone is 2. The molecule has 0 aliphatic carbocycles. The fourth-order valence-electron chi connectivity index (χ4n) is 6.72. The minimum Gasteiger partial charge on any atom is -0.359 e. The molecule has 0 fully saturated rings. The summed E-state index contributed by atoms with van der Waals surface area (Å²) in [4.78, 5) is 11.5. The van der Waals surface area contributed by atoms with E-state index in [2.05, 4.69) is 154 Å². The molecule has 212 valence electrons. The number of rotatable bonds is 4. The number of fused-ring (bicyclic) bond motifs is 5. The maximum absolute atomic E-state index is 4.67. The molecule has 7 aromatic rings. The predicted molar refractivity (Wildman–Crippen MR) is 187 cm³/mol. The standard InChI is InChI=1S/C41H28N4/c1-2-10-34-32(7-1)25-42-26-37(34)30-19-17-29(18-20-30)36-23-33(24-38-41(36)44-39-12-3-4-22-45(38)39)27-13-15-28(16-14-27)35-11-5-8-31-9-6-21-43-40(31)35/h1-26,39,44H. The third kappa shape index (κ3) is 4.30. The van der Waals surface area contributed by atoms with E-state index in [-0.39, 0.29) is 6.17 Å². The molecule has 4 nitrogen and oxygen atoms in total. The van der Waals surface area contributed by atoms with E-state index in [1.165, 1.54) is 33.3 Å². The van der Waals surface area contributed by atoms with Crippen LogP contribution in [0.1, 0.15) is 0 Å². The Morgan fingerprint density at radius 3 is 2.18 bits per heavy atom. The number of pyridine rings is 2. The Bertz CT molecular complexity index is 2290. The van der Waals surface area contributed by atoms with Crippen molar-refractivity contribution in [2.45, 2.75) is 6.17 Å². The van der Waals surface area contributed by atoms with Gasteiger partial charge in [0, 0.05) is 52.3 Å². The summed E-state index contributed by atoms with van der Waals surface area (Å²) < 4.78 is 0. The smallest absolute Gasteiger partial charge is 0.123 e. The van der Waals surface area contributed by atoms with Crippen LogP contribution >= 0.6 is 0 Å². The molecule has 0 amide bonds. The first-order chi connectivity index (χ1) is 22.3. The highest BCUT2D eigenvalue weighted by Gasteiger charge is 2.29. The lowest BCUT2D eigenvalue weighted by Gasteiger charge is -2.22. The van der Waals surface area contributed by atoms with Crippen molar-refractivity contribution in [3.05, 3.63) is 158 Å². The summed E-state index contributed by atoms with van der Waals surface area (Å²) in [7, 11) is 0. The molecule has 0 spiro atoms. The van der Waals surface area contributed by atoms with Crippen LogP contribution in [0, 0.1) is 0 Å². The Kier molecular flexibility index (Phi) is 5.85. The highest BCUT2D eigenvalue weighted by atomic mass is 15.3. The van der Waals surface area contributed by atoms with Crippen LogP contribution in [-0.2, 0) is 0 Å². The number of nitrogens with one attached hydrogen (secondary N) is 1. The molecule has 2 aromatic heterocycles. The summed E-state index contributed by atoms with van der Waals surface area (Å²) in [5.41, 5.74) is 12.7. The molecule has 4 heteroatoms. The zero-order valence-electron chi connectivity index (χ0n) is 24.4. The van der Waals surface area contributed by atoms with E-state index in [1.54, 1.807) is 0 Å². The Morgan fingerprint density at radius 2 is 1.31 bits per heavy atom. The van der Waals surface area contributed by atoms with Crippen molar-refractivity contribution in [1.29, 1.82) is 0 Å². The van der Waals surface area contributed by atoms with Gasteiger partial charge in [-0.2, -0.15) is 0 Å². The molecule has 2 aliphatic rings. The molecule has 1 N–H and O–H groups in total. The maximum Gasteiger partial charge on any atom is 0.123 e. The van der Waals surface area contributed by atoms with Gasteiger partial charge in [-0.05, 0) is 63.6 Å². The number of aromatic nitrogens is 2. The van der Waals surface area contributed by atoms with E-state index in [9.17, 15) is 0 Å². The molecule has 0 radical (unpaired) electrons. The summed E-state index contributed by atoms with van der Waals surface area (Å²) in [5.74, 6) is 0. The largest absolute Gasteiger partial charge is 0.359 e. The highest BCUT2D eigenvalue weighted by molar-refractivity contribution is 5.99. The van der Waals surface area contributed by atoms with Crippen LogP contribution in [0.25, 0.3) is 66.2 Å². The van der Waals surface area contributed by atoms with Crippen molar-refractivity contribution >= 4 is 33.1 Å². The normalized spacial score (nSPS) is 14.8. The second-order valence-electron chi connectivity index (χ2n) is 11.6. The third-order valence-corrected chi connectivity index (χ3v) is 8.98. The quantitative estimate of drug-likeness (QED) is 0.226. The number of benzene rings is 5. The minimum absolute atomic E-state index is 0.0984. The first kappa shape index (κ1) is 25.5. The van der Waals surface area contributed by atoms with E-state index in [0.717, 1.165) is 44.2 Å². The fraction of sp³-hybridized carbons (Fsp3) is 0.0244. The number of hydrogen-bond acceptors (Lipinski definition) is 4. The van der Waals surface area contributed by atoms with Gasteiger partial charge in [-0.1, -0.05) is 103 Å². The molecule has 1 atom stereocenters. The predicted octanol–water partition coefficient (Wildman–Crippen LogP) is 10.1. The second kappa shape index (κ2) is 10.3. The molecule has 0 saturated heterocycles. The van der Waals surface area contributed by atoms with Gasteiger partial charge in [-0.25, -0.2) is 0 Å². The molecule has 0 bridgehead atoms. The number of nitrogens with zero attached hydrogens (tertiary/aromatic N) is 3. The Labute approximate surface area is 261 Å². The molecule has 45 heavy (non-hydrogen) atoms. The van der Waals surface area contributed by atoms with Crippen molar-refractivity contribution in [3.8, 4) is 44.5 Å². The van der Waals surface area contributed by atoms with E-state index < -0.39 is 0 Å². The molecule has 9 rings (SSSR count). The minimum atomic E-state index is 0.0984. The van der Waals surface area contributed by atoms with E-state index in [4.69, 9.17) is 0 Å². The lowest BCUT2D eigenvalue weighted by atomic mass is 9.93. The van der Waals surface area contributed by atoms with Crippen LogP contribution in [0.5, 0.6) is 0 Å². The lowest BCUT2D eigenvalue weighted by molar-refractivity contribution is 0.908. The first-order valence-electron chi connectivity index (χ1n) is 15.3. The maximum atomic E-state index is 4.67. The summed E-state index contributed by atoms with van der Waals surface area (Å²) in [5, 5.41) is 7.28. The van der Waals surface area contributed by atoms with Crippen molar-refractivity contribution in [2.75, 3.05) is 10.2 Å². The van der Waals surface area contributed by atoms with Gasteiger partial charge < -0.3 is 10.2 Å².